The number of pyridine rings is 1. The zero-order chi connectivity index (χ0) is 9.19. The molecule has 0 aliphatic heterocycles. The molecule has 6 heteroatoms. The van der Waals surface area contributed by atoms with Gasteiger partial charge in [-0.05, 0) is 0 Å². The van der Waals surface area contributed by atoms with Gasteiger partial charge in [-0.25, -0.2) is 4.39 Å². The van der Waals surface area contributed by atoms with E-state index in [0.717, 1.165) is 24.7 Å². The maximum Gasteiger partial charge on any atom is 0.306 e. The van der Waals surface area contributed by atoms with E-state index in [1.807, 2.05) is 0 Å². The fourth-order valence-corrected chi connectivity index (χ4v) is 1.05. The van der Waals surface area contributed by atoms with Gasteiger partial charge >= 0.3 is 10.1 Å². The van der Waals surface area contributed by atoms with Crippen LogP contribution in [0.2, 0.25) is 0 Å². The van der Waals surface area contributed by atoms with Crippen LogP contribution in [0.4, 0.5) is 4.39 Å². The van der Waals surface area contributed by atoms with Crippen molar-refractivity contribution in [2.24, 2.45) is 0 Å². The third-order valence-corrected chi connectivity index (χ3v) is 1.42. The van der Waals surface area contributed by atoms with Gasteiger partial charge in [0.1, 0.15) is 5.82 Å². The number of hydrogen-bond acceptors (Lipinski definition) is 4. The second-order valence-corrected chi connectivity index (χ2v) is 3.70. The van der Waals surface area contributed by atoms with Gasteiger partial charge in [0.15, 0.2) is 5.75 Å². The first-order chi connectivity index (χ1) is 5.47. The Bertz CT molecular complexity index is 376. The fourth-order valence-electron chi connectivity index (χ4n) is 0.613. The van der Waals surface area contributed by atoms with E-state index in [1.54, 1.807) is 0 Å². The van der Waals surface area contributed by atoms with Gasteiger partial charge in [0.25, 0.3) is 0 Å². The average Bonchev–Trinajstić information content (AvgIpc) is 1.82. The summed E-state index contributed by atoms with van der Waals surface area (Å²) >= 11 is 0. The summed E-state index contributed by atoms with van der Waals surface area (Å²) in [6.45, 7) is 0. The van der Waals surface area contributed by atoms with Crippen LogP contribution in [-0.4, -0.2) is 19.7 Å². The molecule has 1 aromatic rings. The predicted molar refractivity (Wildman–Crippen MR) is 39.7 cm³/mol. The number of halogens is 1. The summed E-state index contributed by atoms with van der Waals surface area (Å²) in [5.41, 5.74) is 0. The molecular weight excluding hydrogens is 185 g/mol. The van der Waals surface area contributed by atoms with Crippen LogP contribution in [0.3, 0.4) is 0 Å². The highest BCUT2D eigenvalue weighted by Crippen LogP contribution is 2.11. The molecule has 0 fully saturated rings. The molecule has 0 aliphatic carbocycles. The van der Waals surface area contributed by atoms with E-state index in [1.165, 1.54) is 0 Å². The molecule has 0 saturated heterocycles. The molecular formula is C6H6FNO3S. The number of aromatic nitrogens is 1. The van der Waals surface area contributed by atoms with Gasteiger partial charge < -0.3 is 4.18 Å². The van der Waals surface area contributed by atoms with Gasteiger partial charge in [-0.2, -0.15) is 8.42 Å². The normalized spacial score (nSPS) is 11.2. The van der Waals surface area contributed by atoms with E-state index in [-0.39, 0.29) is 5.75 Å². The predicted octanol–water partition coefficient (Wildman–Crippen LogP) is 0.559. The summed E-state index contributed by atoms with van der Waals surface area (Å²) in [5.74, 6) is -0.770. The highest BCUT2D eigenvalue weighted by Gasteiger charge is 2.04. The zero-order valence-corrected chi connectivity index (χ0v) is 7.01. The largest absolute Gasteiger partial charge is 0.381 e. The molecule has 0 atom stereocenters. The first-order valence-electron chi connectivity index (χ1n) is 2.97. The van der Waals surface area contributed by atoms with E-state index >= 15 is 0 Å². The lowest BCUT2D eigenvalue weighted by Gasteiger charge is -2.00. The minimum Gasteiger partial charge on any atom is -0.381 e. The Morgan fingerprint density at radius 2 is 2.17 bits per heavy atom. The molecule has 1 heterocycles. The third-order valence-electron chi connectivity index (χ3n) is 0.927. The van der Waals surface area contributed by atoms with Crippen LogP contribution in [0.1, 0.15) is 0 Å². The van der Waals surface area contributed by atoms with E-state index < -0.39 is 15.9 Å². The first kappa shape index (κ1) is 8.92. The van der Waals surface area contributed by atoms with Gasteiger partial charge in [-0.3, -0.25) is 4.98 Å². The lowest BCUT2D eigenvalue weighted by atomic mass is 10.4. The average molecular weight is 191 g/mol. The van der Waals surface area contributed by atoms with Crippen molar-refractivity contribution < 1.29 is 17.0 Å². The van der Waals surface area contributed by atoms with Crippen molar-refractivity contribution in [1.29, 1.82) is 0 Å². The Kier molecular flexibility index (Phi) is 2.27. The fraction of sp³-hybridized carbons (Fsp3) is 0.167. The van der Waals surface area contributed by atoms with Crippen LogP contribution in [0, 0.1) is 5.82 Å². The number of hydrogen-bond donors (Lipinski definition) is 0. The van der Waals surface area contributed by atoms with Crippen LogP contribution >= 0.6 is 0 Å². The highest BCUT2D eigenvalue weighted by molar-refractivity contribution is 7.86. The van der Waals surface area contributed by atoms with E-state index in [2.05, 4.69) is 9.17 Å². The highest BCUT2D eigenvalue weighted by atomic mass is 32.2. The molecule has 4 nitrogen and oxygen atoms in total. The van der Waals surface area contributed by atoms with Crippen molar-refractivity contribution in [1.82, 2.24) is 4.98 Å². The Balaban J connectivity index is 2.91. The molecule has 1 aromatic heterocycles. The molecule has 12 heavy (non-hydrogen) atoms. The molecule has 0 bridgehead atoms. The zero-order valence-electron chi connectivity index (χ0n) is 6.19. The minimum atomic E-state index is -3.60. The number of rotatable bonds is 2. The molecule has 1 rings (SSSR count). The van der Waals surface area contributed by atoms with Gasteiger partial charge in [0.05, 0.1) is 18.6 Å². The summed E-state index contributed by atoms with van der Waals surface area (Å²) in [4.78, 5) is 3.40. The second kappa shape index (κ2) is 3.06. The summed E-state index contributed by atoms with van der Waals surface area (Å²) in [5, 5.41) is 0. The summed E-state index contributed by atoms with van der Waals surface area (Å²) in [6, 6.07) is 0.939. The standard InChI is InChI=1S/C6H6FNO3S/c1-12(9,10)11-6-2-5(7)3-8-4-6/h2-4H,1H3. The molecule has 0 aliphatic rings. The van der Waals surface area contributed by atoms with Gasteiger partial charge in [0.2, 0.25) is 0 Å². The Hall–Kier alpha value is -1.17. The lowest BCUT2D eigenvalue weighted by molar-refractivity contribution is 0.488. The third kappa shape index (κ3) is 2.83. The molecule has 0 N–H and O–H groups in total. The topological polar surface area (TPSA) is 56.3 Å². The molecule has 66 valence electrons. The SMILES string of the molecule is CS(=O)(=O)Oc1cncc(F)c1. The van der Waals surface area contributed by atoms with Gasteiger partial charge in [-0.1, -0.05) is 0 Å². The molecule has 0 spiro atoms. The molecule has 0 amide bonds. The first-order valence-corrected chi connectivity index (χ1v) is 4.79. The van der Waals surface area contributed by atoms with Crippen molar-refractivity contribution in [3.8, 4) is 5.75 Å². The van der Waals surface area contributed by atoms with Crippen molar-refractivity contribution in [3.05, 3.63) is 24.3 Å². The molecule has 0 saturated carbocycles. The van der Waals surface area contributed by atoms with Crippen molar-refractivity contribution in [2.75, 3.05) is 6.26 Å². The van der Waals surface area contributed by atoms with E-state index in [4.69, 9.17) is 0 Å². The van der Waals surface area contributed by atoms with Crippen LogP contribution in [0.25, 0.3) is 0 Å². The maximum atomic E-state index is 12.4. The molecule has 0 unspecified atom stereocenters. The van der Waals surface area contributed by atoms with Crippen LogP contribution < -0.4 is 4.18 Å². The monoisotopic (exact) mass is 191 g/mol. The quantitative estimate of drug-likeness (QED) is 0.641. The molecule has 0 radical (unpaired) electrons. The Labute approximate surface area is 69.1 Å². The van der Waals surface area contributed by atoms with Gasteiger partial charge in [0, 0.05) is 6.07 Å². The molecule has 0 aromatic carbocycles. The smallest absolute Gasteiger partial charge is 0.306 e. The van der Waals surface area contributed by atoms with E-state index in [9.17, 15) is 12.8 Å². The summed E-state index contributed by atoms with van der Waals surface area (Å²) in [7, 11) is -3.60. The summed E-state index contributed by atoms with van der Waals surface area (Å²) < 4.78 is 37.8. The van der Waals surface area contributed by atoms with Crippen molar-refractivity contribution in [3.63, 3.8) is 0 Å². The summed E-state index contributed by atoms with van der Waals surface area (Å²) in [6.07, 6.45) is 2.94. The minimum absolute atomic E-state index is 0.127. The Morgan fingerprint density at radius 3 is 2.67 bits per heavy atom. The van der Waals surface area contributed by atoms with Crippen LogP contribution in [0.15, 0.2) is 18.5 Å². The van der Waals surface area contributed by atoms with Crippen LogP contribution in [-0.2, 0) is 10.1 Å². The van der Waals surface area contributed by atoms with Crippen molar-refractivity contribution in [2.45, 2.75) is 0 Å². The van der Waals surface area contributed by atoms with Crippen molar-refractivity contribution >= 4 is 10.1 Å². The Morgan fingerprint density at radius 1 is 1.50 bits per heavy atom. The van der Waals surface area contributed by atoms with Crippen LogP contribution in [0.5, 0.6) is 5.75 Å². The lowest BCUT2D eigenvalue weighted by Crippen LogP contribution is -2.05. The maximum absolute atomic E-state index is 12.4. The number of nitrogens with zero attached hydrogens (tertiary/aromatic N) is 1. The van der Waals surface area contributed by atoms with E-state index in [0.29, 0.717) is 0 Å². The van der Waals surface area contributed by atoms with Gasteiger partial charge in [-0.15, -0.1) is 0 Å². The second-order valence-electron chi connectivity index (χ2n) is 2.13.